The van der Waals surface area contributed by atoms with E-state index in [0.717, 1.165) is 24.2 Å². The minimum absolute atomic E-state index is 0.139. The Morgan fingerprint density at radius 3 is 2.46 bits per heavy atom. The highest BCUT2D eigenvalue weighted by molar-refractivity contribution is 5.94. The van der Waals surface area contributed by atoms with Crippen LogP contribution in [0.2, 0.25) is 0 Å². The number of benzene rings is 2. The van der Waals surface area contributed by atoms with E-state index < -0.39 is 0 Å². The van der Waals surface area contributed by atoms with Crippen LogP contribution in [0.15, 0.2) is 48.5 Å². The third kappa shape index (κ3) is 6.76. The summed E-state index contributed by atoms with van der Waals surface area (Å²) in [6.07, 6.45) is 2.13. The molecular weight excluding hydrogens is 330 g/mol. The summed E-state index contributed by atoms with van der Waals surface area (Å²) in [4.78, 5) is 12.4. The second kappa shape index (κ2) is 11.2. The lowest BCUT2D eigenvalue weighted by molar-refractivity contribution is 0.0950. The molecule has 5 nitrogen and oxygen atoms in total. The largest absolute Gasteiger partial charge is 0.494 e. The zero-order valence-electron chi connectivity index (χ0n) is 15.5. The summed E-state index contributed by atoms with van der Waals surface area (Å²) >= 11 is 0. The number of amides is 1. The minimum Gasteiger partial charge on any atom is -0.494 e. The van der Waals surface area contributed by atoms with Crippen LogP contribution in [0.5, 0.6) is 11.5 Å². The van der Waals surface area contributed by atoms with Crippen LogP contribution in [0, 0.1) is 0 Å². The van der Waals surface area contributed by atoms with Gasteiger partial charge in [-0.2, -0.15) is 0 Å². The monoisotopic (exact) mass is 357 g/mol. The highest BCUT2D eigenvalue weighted by atomic mass is 16.5. The van der Waals surface area contributed by atoms with Gasteiger partial charge >= 0.3 is 0 Å². The first kappa shape index (κ1) is 19.8. The first-order valence-corrected chi connectivity index (χ1v) is 8.94. The number of unbranched alkanes of at least 4 members (excludes halogenated alkanes) is 1. The van der Waals surface area contributed by atoms with E-state index in [1.807, 2.05) is 30.3 Å². The fraction of sp³-hybridized carbons (Fsp3) is 0.381. The minimum atomic E-state index is -0.139. The van der Waals surface area contributed by atoms with E-state index in [2.05, 4.69) is 12.2 Å². The molecule has 26 heavy (non-hydrogen) atoms. The molecule has 0 aliphatic heterocycles. The second-order valence-electron chi connectivity index (χ2n) is 5.90. The first-order chi connectivity index (χ1) is 12.7. The van der Waals surface area contributed by atoms with Crippen LogP contribution in [-0.2, 0) is 11.3 Å². The van der Waals surface area contributed by atoms with Crippen LogP contribution >= 0.6 is 0 Å². The highest BCUT2D eigenvalue weighted by Gasteiger charge is 2.07. The van der Waals surface area contributed by atoms with E-state index in [1.165, 1.54) is 0 Å². The van der Waals surface area contributed by atoms with Gasteiger partial charge in [-0.3, -0.25) is 4.79 Å². The van der Waals surface area contributed by atoms with Gasteiger partial charge in [0.05, 0.1) is 13.2 Å². The lowest BCUT2D eigenvalue weighted by Gasteiger charge is -2.10. The summed E-state index contributed by atoms with van der Waals surface area (Å²) < 4.78 is 16.2. The Bertz CT molecular complexity index is 687. The van der Waals surface area contributed by atoms with Crippen LogP contribution in [0.25, 0.3) is 0 Å². The van der Waals surface area contributed by atoms with E-state index in [9.17, 15) is 4.79 Å². The van der Waals surface area contributed by atoms with Crippen molar-refractivity contribution in [3.8, 4) is 11.5 Å². The van der Waals surface area contributed by atoms with Crippen molar-refractivity contribution in [2.24, 2.45) is 0 Å². The fourth-order valence-electron chi connectivity index (χ4n) is 2.33. The third-order valence-corrected chi connectivity index (χ3v) is 3.77. The number of nitrogens with one attached hydrogen (secondary N) is 1. The average molecular weight is 357 g/mol. The van der Waals surface area contributed by atoms with Gasteiger partial charge in [-0.25, -0.2) is 0 Å². The number of hydrogen-bond acceptors (Lipinski definition) is 4. The first-order valence-electron chi connectivity index (χ1n) is 8.94. The molecule has 0 aliphatic rings. The molecule has 0 atom stereocenters. The standard InChI is InChI=1S/C21H27NO4/c1-3-4-11-25-19-9-5-7-17(14-19)16-22-21(23)18-8-6-10-20(15-18)26-13-12-24-2/h5-10,14-15H,3-4,11-13,16H2,1-2H3,(H,22,23). The van der Waals surface area contributed by atoms with Gasteiger partial charge in [-0.1, -0.05) is 31.5 Å². The summed E-state index contributed by atoms with van der Waals surface area (Å²) in [5.74, 6) is 1.35. The molecule has 2 rings (SSSR count). The molecule has 2 aromatic rings. The molecular formula is C21H27NO4. The zero-order valence-corrected chi connectivity index (χ0v) is 15.5. The molecule has 0 unspecified atom stereocenters. The maximum Gasteiger partial charge on any atom is 0.251 e. The number of ether oxygens (including phenoxy) is 3. The number of methoxy groups -OCH3 is 1. The molecule has 0 saturated heterocycles. The Morgan fingerprint density at radius 2 is 1.69 bits per heavy atom. The smallest absolute Gasteiger partial charge is 0.251 e. The topological polar surface area (TPSA) is 56.8 Å². The van der Waals surface area contributed by atoms with Gasteiger partial charge in [0.2, 0.25) is 0 Å². The quantitative estimate of drug-likeness (QED) is 0.621. The molecule has 5 heteroatoms. The number of carbonyl (C=O) groups is 1. The van der Waals surface area contributed by atoms with Crippen LogP contribution < -0.4 is 14.8 Å². The Labute approximate surface area is 155 Å². The van der Waals surface area contributed by atoms with Crippen molar-refractivity contribution in [3.63, 3.8) is 0 Å². The highest BCUT2D eigenvalue weighted by Crippen LogP contribution is 2.15. The molecule has 2 aromatic carbocycles. The average Bonchev–Trinajstić information content (AvgIpc) is 2.67. The summed E-state index contributed by atoms with van der Waals surface area (Å²) in [7, 11) is 1.62. The molecule has 0 aromatic heterocycles. The molecule has 140 valence electrons. The van der Waals surface area contributed by atoms with Crippen LogP contribution in [-0.4, -0.2) is 32.8 Å². The number of rotatable bonds is 11. The predicted molar refractivity (Wildman–Crippen MR) is 102 cm³/mol. The molecule has 0 bridgehead atoms. The number of hydrogen-bond donors (Lipinski definition) is 1. The van der Waals surface area contributed by atoms with E-state index in [4.69, 9.17) is 14.2 Å². The number of carbonyl (C=O) groups excluding carboxylic acids is 1. The normalized spacial score (nSPS) is 10.4. The Hall–Kier alpha value is -2.53. The van der Waals surface area contributed by atoms with Gasteiger partial charge in [0.25, 0.3) is 5.91 Å². The molecule has 0 saturated carbocycles. The third-order valence-electron chi connectivity index (χ3n) is 3.77. The van der Waals surface area contributed by atoms with Crippen LogP contribution in [0.4, 0.5) is 0 Å². The van der Waals surface area contributed by atoms with Crippen molar-refractivity contribution in [1.82, 2.24) is 5.32 Å². The van der Waals surface area contributed by atoms with Crippen molar-refractivity contribution in [1.29, 1.82) is 0 Å². The Morgan fingerprint density at radius 1 is 0.962 bits per heavy atom. The maximum absolute atomic E-state index is 12.4. The van der Waals surface area contributed by atoms with Crippen molar-refractivity contribution in [2.45, 2.75) is 26.3 Å². The van der Waals surface area contributed by atoms with Crippen molar-refractivity contribution in [3.05, 3.63) is 59.7 Å². The summed E-state index contributed by atoms with van der Waals surface area (Å²) in [5.41, 5.74) is 1.56. The molecule has 1 N–H and O–H groups in total. The van der Waals surface area contributed by atoms with Gasteiger partial charge < -0.3 is 19.5 Å². The Kier molecular flexibility index (Phi) is 8.49. The molecule has 0 radical (unpaired) electrons. The lowest BCUT2D eigenvalue weighted by Crippen LogP contribution is -2.22. The van der Waals surface area contributed by atoms with Crippen molar-refractivity contribution < 1.29 is 19.0 Å². The zero-order chi connectivity index (χ0) is 18.6. The Balaban J connectivity index is 1.88. The molecule has 1 amide bonds. The van der Waals surface area contributed by atoms with Gasteiger partial charge in [-0.05, 0) is 42.3 Å². The molecule has 0 heterocycles. The predicted octanol–water partition coefficient (Wildman–Crippen LogP) is 3.82. The van der Waals surface area contributed by atoms with E-state index in [-0.39, 0.29) is 5.91 Å². The summed E-state index contributed by atoms with van der Waals surface area (Å²) in [5, 5.41) is 2.93. The molecule has 0 aliphatic carbocycles. The van der Waals surface area contributed by atoms with E-state index in [1.54, 1.807) is 25.3 Å². The summed E-state index contributed by atoms with van der Waals surface area (Å²) in [6, 6.07) is 14.9. The van der Waals surface area contributed by atoms with E-state index in [0.29, 0.717) is 37.7 Å². The summed E-state index contributed by atoms with van der Waals surface area (Å²) in [6.45, 7) is 4.24. The van der Waals surface area contributed by atoms with Crippen LogP contribution in [0.3, 0.4) is 0 Å². The van der Waals surface area contributed by atoms with Gasteiger partial charge in [0.15, 0.2) is 0 Å². The van der Waals surface area contributed by atoms with Gasteiger partial charge in [0.1, 0.15) is 18.1 Å². The SMILES string of the molecule is CCCCOc1cccc(CNC(=O)c2cccc(OCCOC)c2)c1. The molecule has 0 spiro atoms. The van der Waals surface area contributed by atoms with Crippen molar-refractivity contribution in [2.75, 3.05) is 26.9 Å². The lowest BCUT2D eigenvalue weighted by atomic mass is 10.1. The van der Waals surface area contributed by atoms with Crippen molar-refractivity contribution >= 4 is 5.91 Å². The van der Waals surface area contributed by atoms with Gasteiger partial charge in [0, 0.05) is 19.2 Å². The van der Waals surface area contributed by atoms with E-state index >= 15 is 0 Å². The second-order valence-corrected chi connectivity index (χ2v) is 5.90. The molecule has 0 fully saturated rings. The maximum atomic E-state index is 12.4. The van der Waals surface area contributed by atoms with Gasteiger partial charge in [-0.15, -0.1) is 0 Å². The fourth-order valence-corrected chi connectivity index (χ4v) is 2.33. The van der Waals surface area contributed by atoms with Crippen LogP contribution in [0.1, 0.15) is 35.7 Å².